The lowest BCUT2D eigenvalue weighted by Crippen LogP contribution is -2.17. The third kappa shape index (κ3) is 5.32. The number of nitrogens with zero attached hydrogens (tertiary/aromatic N) is 2. The molecule has 0 atom stereocenters. The molecule has 1 aromatic heterocycles. The van der Waals surface area contributed by atoms with Crippen molar-refractivity contribution in [2.75, 3.05) is 5.32 Å². The lowest BCUT2D eigenvalue weighted by atomic mass is 10.00. The van der Waals surface area contributed by atoms with Crippen LogP contribution in [0.1, 0.15) is 31.9 Å². The molecule has 35 heavy (non-hydrogen) atoms. The lowest BCUT2D eigenvalue weighted by Gasteiger charge is -2.11. The maximum absolute atomic E-state index is 12.2. The van der Waals surface area contributed by atoms with Gasteiger partial charge in [-0.25, -0.2) is 0 Å². The molecule has 3 aromatic carbocycles. The number of hydrogen-bond donors (Lipinski definition) is 1. The summed E-state index contributed by atoms with van der Waals surface area (Å²) < 4.78 is 7.43. The van der Waals surface area contributed by atoms with E-state index < -0.39 is 5.97 Å². The molecular formula is C29H29N3O3. The van der Waals surface area contributed by atoms with Crippen LogP contribution in [0.2, 0.25) is 0 Å². The Morgan fingerprint density at radius 1 is 0.829 bits per heavy atom. The number of aromatic nitrogens is 2. The normalized spacial score (nSPS) is 10.9. The van der Waals surface area contributed by atoms with Gasteiger partial charge in [-0.15, -0.1) is 0 Å². The zero-order valence-electron chi connectivity index (χ0n) is 20.6. The van der Waals surface area contributed by atoms with E-state index in [1.54, 1.807) is 4.68 Å². The number of ether oxygens (including phenoxy) is 1. The molecule has 0 unspecified atom stereocenters. The number of anilines is 1. The number of benzene rings is 3. The van der Waals surface area contributed by atoms with E-state index in [1.165, 1.54) is 6.92 Å². The fourth-order valence-electron chi connectivity index (χ4n) is 3.67. The van der Waals surface area contributed by atoms with Gasteiger partial charge in [0, 0.05) is 24.1 Å². The second-order valence-corrected chi connectivity index (χ2v) is 8.96. The first-order chi connectivity index (χ1) is 16.7. The average molecular weight is 468 g/mol. The molecule has 0 saturated carbocycles. The van der Waals surface area contributed by atoms with Crippen LogP contribution in [0.15, 0.2) is 72.8 Å². The third-order valence-corrected chi connectivity index (χ3v) is 5.65. The summed E-state index contributed by atoms with van der Waals surface area (Å²) in [6.45, 7) is 9.13. The van der Waals surface area contributed by atoms with E-state index in [9.17, 15) is 9.59 Å². The quantitative estimate of drug-likeness (QED) is 0.336. The van der Waals surface area contributed by atoms with Gasteiger partial charge in [-0.2, -0.15) is 9.78 Å². The Labute approximate surface area is 205 Å². The molecule has 6 nitrogen and oxygen atoms in total. The Balaban J connectivity index is 1.90. The molecule has 6 heteroatoms. The van der Waals surface area contributed by atoms with Crippen LogP contribution in [0.3, 0.4) is 0 Å². The van der Waals surface area contributed by atoms with Gasteiger partial charge in [-0.1, -0.05) is 73.5 Å². The van der Waals surface area contributed by atoms with Gasteiger partial charge >= 0.3 is 5.97 Å². The van der Waals surface area contributed by atoms with E-state index >= 15 is 0 Å². The van der Waals surface area contributed by atoms with Crippen LogP contribution in [-0.2, 0) is 9.59 Å². The van der Waals surface area contributed by atoms with Gasteiger partial charge < -0.3 is 10.1 Å². The summed E-state index contributed by atoms with van der Waals surface area (Å²) in [4.78, 5) is 24.3. The molecule has 0 radical (unpaired) electrons. The SMILES string of the molecule is CC(=O)Oc1c(-c2ccc(NC(=O)C(C)C)cc2)c(-c2ccc(C)cc2)nn1-c1ccc(C)cc1. The summed E-state index contributed by atoms with van der Waals surface area (Å²) in [5.41, 5.74) is 6.86. The van der Waals surface area contributed by atoms with Crippen LogP contribution in [0.4, 0.5) is 5.69 Å². The van der Waals surface area contributed by atoms with Crippen LogP contribution in [0, 0.1) is 19.8 Å². The molecule has 4 aromatic rings. The van der Waals surface area contributed by atoms with Gasteiger partial charge in [-0.05, 0) is 43.7 Å². The summed E-state index contributed by atoms with van der Waals surface area (Å²) in [6, 6.07) is 23.4. The fraction of sp³-hybridized carbons (Fsp3) is 0.207. The first-order valence-corrected chi connectivity index (χ1v) is 11.6. The van der Waals surface area contributed by atoms with E-state index in [-0.39, 0.29) is 11.8 Å². The van der Waals surface area contributed by atoms with E-state index in [0.29, 0.717) is 22.8 Å². The fourth-order valence-corrected chi connectivity index (χ4v) is 3.67. The number of carbonyl (C=O) groups is 2. The van der Waals surface area contributed by atoms with Crippen molar-refractivity contribution < 1.29 is 14.3 Å². The summed E-state index contributed by atoms with van der Waals surface area (Å²) >= 11 is 0. The Hall–Kier alpha value is -4.19. The van der Waals surface area contributed by atoms with Crippen LogP contribution >= 0.6 is 0 Å². The second kappa shape index (κ2) is 9.97. The topological polar surface area (TPSA) is 73.2 Å². The number of esters is 1. The maximum Gasteiger partial charge on any atom is 0.309 e. The number of amides is 1. The summed E-state index contributed by atoms with van der Waals surface area (Å²) in [5.74, 6) is -0.260. The first kappa shape index (κ1) is 24.0. The molecule has 0 aliphatic carbocycles. The summed E-state index contributed by atoms with van der Waals surface area (Å²) in [7, 11) is 0. The minimum atomic E-state index is -0.434. The van der Waals surface area contributed by atoms with Gasteiger partial charge in [0.25, 0.3) is 0 Å². The molecule has 0 spiro atoms. The van der Waals surface area contributed by atoms with Crippen molar-refractivity contribution in [1.82, 2.24) is 9.78 Å². The van der Waals surface area contributed by atoms with Crippen LogP contribution < -0.4 is 10.1 Å². The summed E-state index contributed by atoms with van der Waals surface area (Å²) in [6.07, 6.45) is 0. The van der Waals surface area contributed by atoms with Gasteiger partial charge in [0.1, 0.15) is 5.69 Å². The summed E-state index contributed by atoms with van der Waals surface area (Å²) in [5, 5.41) is 7.81. The van der Waals surface area contributed by atoms with Crippen molar-refractivity contribution >= 4 is 17.6 Å². The Bertz CT molecular complexity index is 1350. The largest absolute Gasteiger partial charge is 0.407 e. The van der Waals surface area contributed by atoms with Gasteiger partial charge in [0.05, 0.1) is 11.3 Å². The number of carbonyl (C=O) groups excluding carboxylic acids is 2. The molecule has 178 valence electrons. The standard InChI is InChI=1S/C29H29N3O3/c1-18(2)28(34)30-24-14-12-22(13-15-24)26-27(23-10-6-19(3)7-11-23)31-32(29(26)35-21(5)33)25-16-8-20(4)9-17-25/h6-18H,1-5H3,(H,30,34). The number of aryl methyl sites for hydroxylation is 2. The highest BCUT2D eigenvalue weighted by Gasteiger charge is 2.24. The van der Waals surface area contributed by atoms with Crippen molar-refractivity contribution in [3.8, 4) is 34.0 Å². The molecule has 0 bridgehead atoms. The maximum atomic E-state index is 12.2. The average Bonchev–Trinajstić information content (AvgIpc) is 3.19. The van der Waals surface area contributed by atoms with E-state index in [4.69, 9.17) is 9.84 Å². The molecule has 4 rings (SSSR count). The predicted molar refractivity (Wildman–Crippen MR) is 139 cm³/mol. The minimum Gasteiger partial charge on any atom is -0.407 e. The molecule has 0 aliphatic rings. The predicted octanol–water partition coefficient (Wildman–Crippen LogP) is 6.34. The van der Waals surface area contributed by atoms with Crippen LogP contribution in [-0.4, -0.2) is 21.7 Å². The highest BCUT2D eigenvalue weighted by atomic mass is 16.5. The number of rotatable bonds is 6. The first-order valence-electron chi connectivity index (χ1n) is 11.6. The molecule has 1 amide bonds. The second-order valence-electron chi connectivity index (χ2n) is 8.96. The van der Waals surface area contributed by atoms with E-state index in [1.807, 2.05) is 100 Å². The molecule has 1 N–H and O–H groups in total. The van der Waals surface area contributed by atoms with Crippen LogP contribution in [0.5, 0.6) is 5.88 Å². The molecule has 0 aliphatic heterocycles. The van der Waals surface area contributed by atoms with E-state index in [2.05, 4.69) is 5.32 Å². The lowest BCUT2D eigenvalue weighted by molar-refractivity contribution is -0.132. The van der Waals surface area contributed by atoms with Gasteiger partial charge in [0.2, 0.25) is 11.8 Å². The Morgan fingerprint density at radius 3 is 1.91 bits per heavy atom. The Morgan fingerprint density at radius 2 is 1.37 bits per heavy atom. The number of hydrogen-bond acceptors (Lipinski definition) is 4. The molecule has 0 fully saturated rings. The highest BCUT2D eigenvalue weighted by molar-refractivity contribution is 5.93. The smallest absolute Gasteiger partial charge is 0.309 e. The minimum absolute atomic E-state index is 0.0501. The van der Waals surface area contributed by atoms with Crippen molar-refractivity contribution in [3.63, 3.8) is 0 Å². The van der Waals surface area contributed by atoms with E-state index in [0.717, 1.165) is 27.9 Å². The van der Waals surface area contributed by atoms with Crippen molar-refractivity contribution in [1.29, 1.82) is 0 Å². The monoisotopic (exact) mass is 467 g/mol. The van der Waals surface area contributed by atoms with Crippen LogP contribution in [0.25, 0.3) is 28.1 Å². The molecular weight excluding hydrogens is 438 g/mol. The zero-order valence-corrected chi connectivity index (χ0v) is 20.6. The Kier molecular flexibility index (Phi) is 6.82. The molecule has 1 heterocycles. The van der Waals surface area contributed by atoms with Gasteiger partial charge in [0.15, 0.2) is 0 Å². The number of nitrogens with one attached hydrogen (secondary N) is 1. The zero-order chi connectivity index (χ0) is 25.1. The van der Waals surface area contributed by atoms with Crippen molar-refractivity contribution in [3.05, 3.63) is 83.9 Å². The van der Waals surface area contributed by atoms with Crippen molar-refractivity contribution in [2.45, 2.75) is 34.6 Å². The molecule has 0 saturated heterocycles. The van der Waals surface area contributed by atoms with Crippen molar-refractivity contribution in [2.24, 2.45) is 5.92 Å². The third-order valence-electron chi connectivity index (χ3n) is 5.65. The van der Waals surface area contributed by atoms with Gasteiger partial charge in [-0.3, -0.25) is 9.59 Å². The highest BCUT2D eigenvalue weighted by Crippen LogP contribution is 2.41.